The van der Waals surface area contributed by atoms with Gasteiger partial charge >= 0.3 is 6.18 Å². The fourth-order valence-electron chi connectivity index (χ4n) is 3.27. The number of alkyl halides is 3. The quantitative estimate of drug-likeness (QED) is 0.229. The van der Waals surface area contributed by atoms with Gasteiger partial charge in [0.1, 0.15) is 5.82 Å². The molecule has 2 N–H and O–H groups in total. The van der Waals surface area contributed by atoms with Crippen molar-refractivity contribution >= 4 is 47.4 Å². The van der Waals surface area contributed by atoms with Gasteiger partial charge in [0.25, 0.3) is 0 Å². The molecule has 0 aliphatic carbocycles. The third-order valence-corrected chi connectivity index (χ3v) is 5.00. The van der Waals surface area contributed by atoms with Gasteiger partial charge in [-0.25, -0.2) is 9.97 Å². The Morgan fingerprint density at radius 3 is 2.84 bits per heavy atom. The Hall–Kier alpha value is -1.76. The Kier molecular flexibility index (Phi) is 9.66. The van der Waals surface area contributed by atoms with Gasteiger partial charge in [0.05, 0.1) is 16.9 Å². The van der Waals surface area contributed by atoms with Gasteiger partial charge in [0.15, 0.2) is 5.96 Å². The van der Waals surface area contributed by atoms with E-state index in [-0.39, 0.29) is 35.0 Å². The molecule has 1 unspecified atom stereocenters. The number of aliphatic imine (C=N–C) groups is 1. The molecule has 2 aromatic rings. The normalized spacial score (nSPS) is 16.9. The zero-order valence-corrected chi connectivity index (χ0v) is 20.2. The summed E-state index contributed by atoms with van der Waals surface area (Å²) in [5.41, 5.74) is -0.845. The molecule has 1 aliphatic rings. The van der Waals surface area contributed by atoms with Crippen molar-refractivity contribution in [2.45, 2.75) is 38.5 Å². The Morgan fingerprint density at radius 2 is 2.19 bits per heavy atom. The van der Waals surface area contributed by atoms with E-state index >= 15 is 0 Å². The smallest absolute Gasteiger partial charge is 0.357 e. The molecule has 3 heterocycles. The van der Waals surface area contributed by atoms with Crippen LogP contribution in [0.15, 0.2) is 36.0 Å². The zero-order chi connectivity index (χ0) is 21.6. The predicted molar refractivity (Wildman–Crippen MR) is 126 cm³/mol. The number of nitrogens with one attached hydrogen (secondary N) is 2. The average molecular weight is 572 g/mol. The van der Waals surface area contributed by atoms with Crippen molar-refractivity contribution < 1.29 is 13.2 Å². The monoisotopic (exact) mass is 571 g/mol. The Labute approximate surface area is 201 Å². The molecule has 0 radical (unpaired) electrons. The summed E-state index contributed by atoms with van der Waals surface area (Å²) >= 11 is 6.08. The van der Waals surface area contributed by atoms with E-state index in [1.54, 1.807) is 12.5 Å². The van der Waals surface area contributed by atoms with E-state index < -0.39 is 11.7 Å². The topological polar surface area (TPSA) is 70.4 Å². The lowest BCUT2D eigenvalue weighted by Crippen LogP contribution is -2.44. The SMILES string of the molecule is CCNC(=NCCCn1ccnc1)NC1CCN(c2ncc(C(F)(F)F)cc2Cl)C1.I. The standard InChI is InChI=1S/C19H25ClF3N7.HI/c1-2-25-18(26-5-3-7-29-9-6-24-13-29)28-15-4-8-30(12-15)17-16(20)10-14(11-27-17)19(21,22)23;/h6,9-11,13,15H,2-5,7-8,12H2,1H3,(H2,25,26,28);1H. The second kappa shape index (κ2) is 11.7. The number of aromatic nitrogens is 3. The molecule has 172 valence electrons. The number of guanidine groups is 1. The highest BCUT2D eigenvalue weighted by atomic mass is 127. The minimum absolute atomic E-state index is 0. The van der Waals surface area contributed by atoms with Crippen molar-refractivity contribution in [3.8, 4) is 0 Å². The van der Waals surface area contributed by atoms with Crippen LogP contribution in [-0.4, -0.2) is 52.7 Å². The molecular formula is C19H26ClF3IN7. The lowest BCUT2D eigenvalue weighted by molar-refractivity contribution is -0.137. The van der Waals surface area contributed by atoms with Crippen LogP contribution in [-0.2, 0) is 12.7 Å². The fourth-order valence-corrected chi connectivity index (χ4v) is 3.55. The van der Waals surface area contributed by atoms with Gasteiger partial charge in [-0.2, -0.15) is 13.2 Å². The molecule has 1 fully saturated rings. The molecule has 12 heteroatoms. The summed E-state index contributed by atoms with van der Waals surface area (Å²) in [6, 6.07) is 1.02. The number of anilines is 1. The third kappa shape index (κ3) is 7.41. The molecule has 0 amide bonds. The number of pyridine rings is 1. The van der Waals surface area contributed by atoms with Crippen LogP contribution in [0.4, 0.5) is 19.0 Å². The molecule has 1 saturated heterocycles. The molecule has 2 aromatic heterocycles. The summed E-state index contributed by atoms with van der Waals surface area (Å²) < 4.78 is 40.5. The molecule has 0 saturated carbocycles. The number of nitrogens with zero attached hydrogens (tertiary/aromatic N) is 5. The van der Waals surface area contributed by atoms with Crippen LogP contribution >= 0.6 is 35.6 Å². The van der Waals surface area contributed by atoms with Crippen molar-refractivity contribution in [3.63, 3.8) is 0 Å². The maximum absolute atomic E-state index is 12.8. The minimum Gasteiger partial charge on any atom is -0.357 e. The highest BCUT2D eigenvalue weighted by Crippen LogP contribution is 2.34. The van der Waals surface area contributed by atoms with Gasteiger partial charge in [-0.3, -0.25) is 4.99 Å². The summed E-state index contributed by atoms with van der Waals surface area (Å²) in [5.74, 6) is 1.10. The summed E-state index contributed by atoms with van der Waals surface area (Å²) in [5, 5.41) is 6.63. The van der Waals surface area contributed by atoms with E-state index in [0.29, 0.717) is 25.5 Å². The van der Waals surface area contributed by atoms with E-state index in [9.17, 15) is 13.2 Å². The number of halogens is 5. The minimum atomic E-state index is -4.46. The first-order valence-corrected chi connectivity index (χ1v) is 10.2. The molecule has 31 heavy (non-hydrogen) atoms. The summed E-state index contributed by atoms with van der Waals surface area (Å²) in [4.78, 5) is 14.5. The van der Waals surface area contributed by atoms with Crippen LogP contribution in [0, 0.1) is 0 Å². The van der Waals surface area contributed by atoms with Crippen LogP contribution in [0.25, 0.3) is 0 Å². The average Bonchev–Trinajstić information content (AvgIpc) is 3.36. The molecule has 0 bridgehead atoms. The van der Waals surface area contributed by atoms with Gasteiger partial charge in [0.2, 0.25) is 0 Å². The highest BCUT2D eigenvalue weighted by Gasteiger charge is 2.33. The van der Waals surface area contributed by atoms with E-state index in [2.05, 4.69) is 25.6 Å². The van der Waals surface area contributed by atoms with Gasteiger partial charge in [-0.15, -0.1) is 24.0 Å². The number of aryl methyl sites for hydroxylation is 1. The summed E-state index contributed by atoms with van der Waals surface area (Å²) in [7, 11) is 0. The van der Waals surface area contributed by atoms with Crippen LogP contribution in [0.3, 0.4) is 0 Å². The largest absolute Gasteiger partial charge is 0.417 e. The Bertz CT molecular complexity index is 846. The number of hydrogen-bond acceptors (Lipinski definition) is 4. The van der Waals surface area contributed by atoms with E-state index in [0.717, 1.165) is 44.2 Å². The van der Waals surface area contributed by atoms with Gasteiger partial charge in [-0.05, 0) is 25.8 Å². The molecule has 1 atom stereocenters. The molecule has 0 aromatic carbocycles. The number of hydrogen-bond donors (Lipinski definition) is 2. The first-order valence-electron chi connectivity index (χ1n) is 9.85. The number of rotatable bonds is 7. The third-order valence-electron chi connectivity index (χ3n) is 4.73. The molecule has 0 spiro atoms. The summed E-state index contributed by atoms with van der Waals surface area (Å²) in [6.07, 6.45) is 3.50. The van der Waals surface area contributed by atoms with E-state index in [1.807, 2.05) is 22.6 Å². The maximum Gasteiger partial charge on any atom is 0.417 e. The zero-order valence-electron chi connectivity index (χ0n) is 17.1. The predicted octanol–water partition coefficient (Wildman–Crippen LogP) is 3.79. The van der Waals surface area contributed by atoms with Crippen LogP contribution in [0.5, 0.6) is 0 Å². The molecular weight excluding hydrogens is 546 g/mol. The lowest BCUT2D eigenvalue weighted by Gasteiger charge is -2.21. The van der Waals surface area contributed by atoms with Crippen LogP contribution in [0.1, 0.15) is 25.3 Å². The van der Waals surface area contributed by atoms with Crippen molar-refractivity contribution in [2.24, 2.45) is 4.99 Å². The van der Waals surface area contributed by atoms with Crippen molar-refractivity contribution in [1.29, 1.82) is 0 Å². The van der Waals surface area contributed by atoms with Crippen LogP contribution in [0.2, 0.25) is 5.02 Å². The van der Waals surface area contributed by atoms with E-state index in [1.165, 1.54) is 0 Å². The van der Waals surface area contributed by atoms with E-state index in [4.69, 9.17) is 11.6 Å². The highest BCUT2D eigenvalue weighted by molar-refractivity contribution is 14.0. The maximum atomic E-state index is 12.8. The second-order valence-corrected chi connectivity index (χ2v) is 7.43. The van der Waals surface area contributed by atoms with Crippen molar-refractivity contribution in [2.75, 3.05) is 31.1 Å². The first kappa shape index (κ1) is 25.5. The lowest BCUT2D eigenvalue weighted by atomic mass is 10.2. The molecule has 7 nitrogen and oxygen atoms in total. The molecule has 1 aliphatic heterocycles. The number of imidazole rings is 1. The Balaban J connectivity index is 0.00000341. The Morgan fingerprint density at radius 1 is 1.39 bits per heavy atom. The second-order valence-electron chi connectivity index (χ2n) is 7.02. The van der Waals surface area contributed by atoms with Crippen molar-refractivity contribution in [1.82, 2.24) is 25.2 Å². The van der Waals surface area contributed by atoms with Gasteiger partial charge < -0.3 is 20.1 Å². The van der Waals surface area contributed by atoms with Gasteiger partial charge in [0, 0.05) is 57.4 Å². The van der Waals surface area contributed by atoms with Crippen LogP contribution < -0.4 is 15.5 Å². The molecule has 3 rings (SSSR count). The van der Waals surface area contributed by atoms with Gasteiger partial charge in [-0.1, -0.05) is 11.6 Å². The summed E-state index contributed by atoms with van der Waals surface area (Å²) in [6.45, 7) is 5.47. The fraction of sp³-hybridized carbons (Fsp3) is 0.526. The first-order chi connectivity index (χ1) is 14.4. The van der Waals surface area contributed by atoms with Crippen molar-refractivity contribution in [3.05, 3.63) is 41.6 Å².